The van der Waals surface area contributed by atoms with Crippen LogP contribution in [0.4, 0.5) is 10.2 Å². The second-order valence-electron chi connectivity index (χ2n) is 14.4. The van der Waals surface area contributed by atoms with Crippen molar-refractivity contribution in [3.63, 3.8) is 0 Å². The smallest absolute Gasteiger partial charge is 0.319 e. The van der Waals surface area contributed by atoms with Crippen LogP contribution in [0.1, 0.15) is 31.2 Å². The monoisotopic (exact) mass is 653 g/mol. The Morgan fingerprint density at radius 3 is 2.53 bits per heavy atom. The van der Waals surface area contributed by atoms with Crippen LogP contribution >= 0.6 is 11.6 Å². The zero-order chi connectivity index (χ0) is 31.9. The highest BCUT2D eigenvalue weighted by atomic mass is 35.5. The standard InChI is InChI=1S/C37H37ClFN5O3/c1-2-27-31(38)8-3-21-11-26(45)12-30(32(21)27)28-6-7-29-34(33(28)39)41-36(42-35(29)44-15-24-4-5-25(16-44)40-24)47-20-37(9-10-37)19-43-13-22-17-46-18-23(22)14-43/h1,3,6-8,11-12,22-25,40,45H,4-5,9-10,13-20H2/t22-,23+,24?,25?. The number of piperazine rings is 1. The summed E-state index contributed by atoms with van der Waals surface area (Å²) < 4.78 is 29.1. The van der Waals surface area contributed by atoms with Crippen molar-refractivity contribution in [2.45, 2.75) is 37.8 Å². The molecule has 10 heteroatoms. The Hall–Kier alpha value is -3.68. The van der Waals surface area contributed by atoms with Crippen LogP contribution in [0.2, 0.25) is 5.02 Å². The van der Waals surface area contributed by atoms with Crippen LogP contribution in [0.5, 0.6) is 11.8 Å². The van der Waals surface area contributed by atoms with E-state index in [-0.39, 0.29) is 28.3 Å². The van der Waals surface area contributed by atoms with Crippen LogP contribution < -0.4 is 15.0 Å². The van der Waals surface area contributed by atoms with Crippen molar-refractivity contribution < 1.29 is 19.0 Å². The van der Waals surface area contributed by atoms with Crippen LogP contribution in [0.15, 0.2) is 36.4 Å². The molecule has 4 saturated heterocycles. The van der Waals surface area contributed by atoms with Crippen LogP contribution in [0.3, 0.4) is 0 Å². The number of phenolic OH excluding ortho intramolecular Hbond substituents is 1. The van der Waals surface area contributed by atoms with E-state index in [9.17, 15) is 5.11 Å². The number of rotatable bonds is 7. The molecule has 2 unspecified atom stereocenters. The van der Waals surface area contributed by atoms with Gasteiger partial charge in [0.05, 0.1) is 30.4 Å². The number of anilines is 1. The largest absolute Gasteiger partial charge is 0.508 e. The minimum absolute atomic E-state index is 0.00451. The highest BCUT2D eigenvalue weighted by Gasteiger charge is 2.48. The summed E-state index contributed by atoms with van der Waals surface area (Å²) in [5, 5.41) is 16.6. The van der Waals surface area contributed by atoms with Gasteiger partial charge in [0.15, 0.2) is 5.82 Å². The third-order valence-electron chi connectivity index (χ3n) is 11.1. The fraction of sp³-hybridized carbons (Fsp3) is 0.459. The van der Waals surface area contributed by atoms with Crippen molar-refractivity contribution in [2.75, 3.05) is 57.4 Å². The van der Waals surface area contributed by atoms with Gasteiger partial charge in [-0.3, -0.25) is 0 Å². The molecule has 8 nitrogen and oxygen atoms in total. The van der Waals surface area contributed by atoms with Gasteiger partial charge in [0.2, 0.25) is 0 Å². The number of hydrogen-bond acceptors (Lipinski definition) is 8. The number of benzene rings is 3. The van der Waals surface area contributed by atoms with E-state index in [1.165, 1.54) is 6.07 Å². The maximum atomic E-state index is 17.0. The Morgan fingerprint density at radius 2 is 1.81 bits per heavy atom. The first-order valence-corrected chi connectivity index (χ1v) is 17.1. The third kappa shape index (κ3) is 5.17. The number of aromatic nitrogens is 2. The summed E-state index contributed by atoms with van der Waals surface area (Å²) in [6, 6.07) is 11.2. The third-order valence-corrected chi connectivity index (χ3v) is 11.4. The molecule has 2 bridgehead atoms. The molecule has 4 aliphatic heterocycles. The summed E-state index contributed by atoms with van der Waals surface area (Å²) >= 11 is 6.49. The van der Waals surface area contributed by atoms with E-state index in [1.54, 1.807) is 24.3 Å². The molecular formula is C37H37ClFN5O3. The number of aromatic hydroxyl groups is 1. The molecule has 0 spiro atoms. The molecule has 242 valence electrons. The minimum Gasteiger partial charge on any atom is -0.508 e. The molecule has 4 aromatic rings. The Morgan fingerprint density at radius 1 is 1.04 bits per heavy atom. The highest BCUT2D eigenvalue weighted by molar-refractivity contribution is 6.33. The number of terminal acetylenes is 1. The van der Waals surface area contributed by atoms with Gasteiger partial charge in [0, 0.05) is 78.4 Å². The van der Waals surface area contributed by atoms with Gasteiger partial charge in [0.1, 0.15) is 17.1 Å². The molecule has 4 atom stereocenters. The second-order valence-corrected chi connectivity index (χ2v) is 14.8. The van der Waals surface area contributed by atoms with Gasteiger partial charge in [-0.2, -0.15) is 9.97 Å². The van der Waals surface area contributed by atoms with Crippen molar-refractivity contribution in [1.29, 1.82) is 0 Å². The molecule has 1 aliphatic carbocycles. The van der Waals surface area contributed by atoms with Gasteiger partial charge in [-0.1, -0.05) is 29.7 Å². The molecule has 5 aliphatic rings. The van der Waals surface area contributed by atoms with Crippen LogP contribution in [0, 0.1) is 35.4 Å². The van der Waals surface area contributed by atoms with Gasteiger partial charge in [-0.15, -0.1) is 6.42 Å². The molecule has 5 heterocycles. The lowest BCUT2D eigenvalue weighted by Crippen LogP contribution is -2.51. The first-order chi connectivity index (χ1) is 22.9. The molecule has 47 heavy (non-hydrogen) atoms. The van der Waals surface area contributed by atoms with Crippen molar-refractivity contribution in [2.24, 2.45) is 17.3 Å². The van der Waals surface area contributed by atoms with E-state index in [4.69, 9.17) is 37.5 Å². The molecule has 0 amide bonds. The predicted octanol–water partition coefficient (Wildman–Crippen LogP) is 5.61. The Balaban J connectivity index is 1.11. The van der Waals surface area contributed by atoms with Gasteiger partial charge < -0.3 is 29.7 Å². The number of nitrogens with one attached hydrogen (secondary N) is 1. The van der Waals surface area contributed by atoms with E-state index >= 15 is 4.39 Å². The molecular weight excluding hydrogens is 617 g/mol. The number of fused-ring (bicyclic) bond motifs is 5. The lowest BCUT2D eigenvalue weighted by Gasteiger charge is -2.34. The zero-order valence-corrected chi connectivity index (χ0v) is 26.9. The number of phenols is 1. The normalized spacial score (nSPS) is 26.2. The SMILES string of the molecule is C#Cc1c(Cl)ccc2cc(O)cc(-c3ccc4c(N5CC6CCC(C5)N6)nc(OCC5(CN6C[C@H]7COC[C@H]7C6)CC5)nc4c3F)c12. The van der Waals surface area contributed by atoms with Crippen LogP contribution in [-0.4, -0.2) is 84.6 Å². The van der Waals surface area contributed by atoms with E-state index in [0.29, 0.717) is 68.7 Å². The Bertz CT molecular complexity index is 1940. The summed E-state index contributed by atoms with van der Waals surface area (Å²) in [4.78, 5) is 14.5. The Kier molecular flexibility index (Phi) is 7.02. The minimum atomic E-state index is -0.518. The molecule has 1 saturated carbocycles. The molecule has 2 N–H and O–H groups in total. The first-order valence-electron chi connectivity index (χ1n) is 16.7. The lowest BCUT2D eigenvalue weighted by molar-refractivity contribution is 0.131. The quantitative estimate of drug-likeness (QED) is 0.249. The molecule has 1 aromatic heterocycles. The van der Waals surface area contributed by atoms with E-state index < -0.39 is 5.82 Å². The lowest BCUT2D eigenvalue weighted by atomic mass is 9.93. The second kappa shape index (κ2) is 11.2. The van der Waals surface area contributed by atoms with Crippen molar-refractivity contribution in [1.82, 2.24) is 20.2 Å². The van der Waals surface area contributed by atoms with Crippen LogP contribution in [0.25, 0.3) is 32.8 Å². The van der Waals surface area contributed by atoms with E-state index in [2.05, 4.69) is 21.0 Å². The van der Waals surface area contributed by atoms with Crippen molar-refractivity contribution >= 4 is 39.1 Å². The number of nitrogens with zero attached hydrogens (tertiary/aromatic N) is 4. The molecule has 0 radical (unpaired) electrons. The van der Waals surface area contributed by atoms with Crippen molar-refractivity contribution in [3.8, 4) is 35.2 Å². The van der Waals surface area contributed by atoms with Gasteiger partial charge in [0.25, 0.3) is 0 Å². The number of halogens is 2. The summed E-state index contributed by atoms with van der Waals surface area (Å²) in [5.74, 6) is 4.13. The molecule has 9 rings (SSSR count). The van der Waals surface area contributed by atoms with Gasteiger partial charge >= 0.3 is 6.01 Å². The first kappa shape index (κ1) is 29.5. The van der Waals surface area contributed by atoms with Gasteiger partial charge in [-0.05, 0) is 60.9 Å². The average molecular weight is 654 g/mol. The van der Waals surface area contributed by atoms with Crippen LogP contribution in [-0.2, 0) is 4.74 Å². The fourth-order valence-electron chi connectivity index (χ4n) is 8.52. The average Bonchev–Trinajstić information content (AvgIpc) is 3.30. The number of likely N-dealkylation sites (tertiary alicyclic amines) is 1. The maximum Gasteiger partial charge on any atom is 0.319 e. The molecule has 3 aromatic carbocycles. The number of hydrogen-bond donors (Lipinski definition) is 2. The predicted molar refractivity (Wildman–Crippen MR) is 181 cm³/mol. The summed E-state index contributed by atoms with van der Waals surface area (Å²) in [7, 11) is 0. The Labute approximate surface area is 278 Å². The maximum absolute atomic E-state index is 17.0. The summed E-state index contributed by atoms with van der Waals surface area (Å²) in [6.07, 6.45) is 10.3. The van der Waals surface area contributed by atoms with Crippen molar-refractivity contribution in [3.05, 3.63) is 52.8 Å². The van der Waals surface area contributed by atoms with Gasteiger partial charge in [-0.25, -0.2) is 4.39 Å². The summed E-state index contributed by atoms with van der Waals surface area (Å²) in [6.45, 7) is 6.97. The number of ether oxygens (including phenoxy) is 2. The van der Waals surface area contributed by atoms with E-state index in [0.717, 1.165) is 71.6 Å². The summed E-state index contributed by atoms with van der Waals surface area (Å²) in [5.41, 5.74) is 1.43. The topological polar surface area (TPSA) is 83.0 Å². The fourth-order valence-corrected chi connectivity index (χ4v) is 8.73. The zero-order valence-electron chi connectivity index (χ0n) is 26.1. The van der Waals surface area contributed by atoms with E-state index in [1.807, 2.05) is 6.07 Å². The molecule has 5 fully saturated rings. The highest BCUT2D eigenvalue weighted by Crippen LogP contribution is 2.48.